The topological polar surface area (TPSA) is 76.0 Å². The maximum absolute atomic E-state index is 10.8. The minimum Gasteiger partial charge on any atom is -0.478 e. The average molecular weight is 268 g/mol. The van der Waals surface area contributed by atoms with Gasteiger partial charge in [0.1, 0.15) is 16.4 Å². The van der Waals surface area contributed by atoms with Crippen LogP contribution in [0, 0.1) is 0 Å². The number of carboxylic acids is 1. The fourth-order valence-electron chi connectivity index (χ4n) is 1.07. The largest absolute Gasteiger partial charge is 0.478 e. The number of carbonyl (C=O) groups is 1. The van der Waals surface area contributed by atoms with Gasteiger partial charge in [0.25, 0.3) is 0 Å². The van der Waals surface area contributed by atoms with Gasteiger partial charge in [-0.15, -0.1) is 0 Å². The lowest BCUT2D eigenvalue weighted by molar-refractivity contribution is 0.0696. The molecule has 0 aromatic carbocycles. The third-order valence-corrected chi connectivity index (χ3v) is 3.16. The van der Waals surface area contributed by atoms with Gasteiger partial charge in [0.05, 0.1) is 16.8 Å². The molecule has 0 aliphatic heterocycles. The standard InChI is InChI=1S/C10H6ClN3O2S/c11-7-4-12-5-14-9(7)17-8-3-6(10(15)16)1-2-13-8/h1-5H,(H,15,16). The van der Waals surface area contributed by atoms with Gasteiger partial charge in [0, 0.05) is 6.20 Å². The molecule has 0 spiro atoms. The Morgan fingerprint density at radius 2 is 2.24 bits per heavy atom. The van der Waals surface area contributed by atoms with Crippen LogP contribution < -0.4 is 0 Å². The van der Waals surface area contributed by atoms with Gasteiger partial charge >= 0.3 is 5.97 Å². The van der Waals surface area contributed by atoms with E-state index < -0.39 is 5.97 Å². The minimum atomic E-state index is -0.997. The van der Waals surface area contributed by atoms with Crippen molar-refractivity contribution in [1.82, 2.24) is 15.0 Å². The Labute approximate surface area is 106 Å². The van der Waals surface area contributed by atoms with Gasteiger partial charge in [-0.25, -0.2) is 19.7 Å². The van der Waals surface area contributed by atoms with Crippen LogP contribution >= 0.6 is 23.4 Å². The van der Waals surface area contributed by atoms with Crippen molar-refractivity contribution < 1.29 is 9.90 Å². The number of halogens is 1. The molecule has 0 aliphatic rings. The number of aromatic nitrogens is 3. The lowest BCUT2D eigenvalue weighted by atomic mass is 10.3. The number of pyridine rings is 1. The first-order valence-electron chi connectivity index (χ1n) is 4.49. The van der Waals surface area contributed by atoms with E-state index in [1.807, 2.05) is 0 Å². The lowest BCUT2D eigenvalue weighted by Crippen LogP contribution is -1.96. The summed E-state index contributed by atoms with van der Waals surface area (Å²) in [4.78, 5) is 22.6. The molecule has 0 saturated heterocycles. The minimum absolute atomic E-state index is 0.174. The predicted octanol–water partition coefficient (Wildman–Crippen LogP) is 2.37. The smallest absolute Gasteiger partial charge is 0.335 e. The fraction of sp³-hybridized carbons (Fsp3) is 0. The van der Waals surface area contributed by atoms with E-state index in [1.165, 1.54) is 42.6 Å². The molecule has 2 heterocycles. The molecular weight excluding hydrogens is 262 g/mol. The van der Waals surface area contributed by atoms with Crippen molar-refractivity contribution in [3.8, 4) is 0 Å². The first-order valence-corrected chi connectivity index (χ1v) is 5.69. The zero-order valence-electron chi connectivity index (χ0n) is 8.37. The number of nitrogens with zero attached hydrogens (tertiary/aromatic N) is 3. The van der Waals surface area contributed by atoms with E-state index in [0.717, 1.165) is 0 Å². The van der Waals surface area contributed by atoms with E-state index in [4.69, 9.17) is 16.7 Å². The Balaban J connectivity index is 2.28. The Morgan fingerprint density at radius 3 is 2.94 bits per heavy atom. The molecule has 0 bridgehead atoms. The molecule has 0 unspecified atom stereocenters. The van der Waals surface area contributed by atoms with Crippen molar-refractivity contribution in [2.75, 3.05) is 0 Å². The van der Waals surface area contributed by atoms with Gasteiger partial charge in [0.15, 0.2) is 0 Å². The highest BCUT2D eigenvalue weighted by Gasteiger charge is 2.08. The van der Waals surface area contributed by atoms with E-state index in [-0.39, 0.29) is 5.56 Å². The fourth-order valence-corrected chi connectivity index (χ4v) is 2.04. The van der Waals surface area contributed by atoms with Crippen LogP contribution in [0.25, 0.3) is 0 Å². The Kier molecular flexibility index (Phi) is 3.55. The van der Waals surface area contributed by atoms with Gasteiger partial charge in [0.2, 0.25) is 0 Å². The van der Waals surface area contributed by atoms with Crippen molar-refractivity contribution in [3.63, 3.8) is 0 Å². The first kappa shape index (κ1) is 11.8. The van der Waals surface area contributed by atoms with Crippen LogP contribution in [0.3, 0.4) is 0 Å². The highest BCUT2D eigenvalue weighted by atomic mass is 35.5. The van der Waals surface area contributed by atoms with Crippen LogP contribution in [0.5, 0.6) is 0 Å². The average Bonchev–Trinajstić information content (AvgIpc) is 2.32. The molecule has 0 amide bonds. The van der Waals surface area contributed by atoms with Gasteiger partial charge in [-0.3, -0.25) is 0 Å². The van der Waals surface area contributed by atoms with E-state index in [0.29, 0.717) is 15.1 Å². The molecule has 0 atom stereocenters. The molecule has 5 nitrogen and oxygen atoms in total. The molecule has 0 saturated carbocycles. The summed E-state index contributed by atoms with van der Waals surface area (Å²) in [5.41, 5.74) is 0.174. The van der Waals surface area contributed by atoms with Crippen LogP contribution in [0.15, 0.2) is 40.9 Å². The van der Waals surface area contributed by atoms with E-state index >= 15 is 0 Å². The van der Waals surface area contributed by atoms with E-state index in [2.05, 4.69) is 15.0 Å². The summed E-state index contributed by atoms with van der Waals surface area (Å²) in [6.45, 7) is 0. The molecule has 0 fully saturated rings. The summed E-state index contributed by atoms with van der Waals surface area (Å²) < 4.78 is 0. The number of hydrogen-bond donors (Lipinski definition) is 1. The molecule has 2 rings (SSSR count). The molecular formula is C10H6ClN3O2S. The van der Waals surface area contributed by atoms with Crippen LogP contribution in [0.2, 0.25) is 5.02 Å². The SMILES string of the molecule is O=C(O)c1ccnc(Sc2ncncc2Cl)c1. The molecule has 2 aromatic heterocycles. The number of aromatic carboxylic acids is 1. The normalized spacial score (nSPS) is 10.2. The van der Waals surface area contributed by atoms with Gasteiger partial charge in [-0.05, 0) is 23.9 Å². The van der Waals surface area contributed by atoms with E-state index in [1.54, 1.807) is 0 Å². The maximum atomic E-state index is 10.8. The molecule has 0 aliphatic carbocycles. The van der Waals surface area contributed by atoms with E-state index in [9.17, 15) is 4.79 Å². The zero-order valence-corrected chi connectivity index (χ0v) is 9.94. The van der Waals surface area contributed by atoms with Crippen molar-refractivity contribution in [2.45, 2.75) is 10.1 Å². The first-order chi connectivity index (χ1) is 8.16. The lowest BCUT2D eigenvalue weighted by Gasteiger charge is -2.02. The number of rotatable bonds is 3. The molecule has 86 valence electrons. The highest BCUT2D eigenvalue weighted by Crippen LogP contribution is 2.29. The van der Waals surface area contributed by atoms with Crippen LogP contribution in [0.4, 0.5) is 0 Å². The monoisotopic (exact) mass is 267 g/mol. The summed E-state index contributed by atoms with van der Waals surface area (Å²) in [7, 11) is 0. The number of carboxylic acid groups (broad SMARTS) is 1. The van der Waals surface area contributed by atoms with Gasteiger partial charge in [-0.2, -0.15) is 0 Å². The third-order valence-electron chi connectivity index (χ3n) is 1.82. The van der Waals surface area contributed by atoms with Gasteiger partial charge < -0.3 is 5.11 Å². The molecule has 17 heavy (non-hydrogen) atoms. The van der Waals surface area contributed by atoms with Gasteiger partial charge in [-0.1, -0.05) is 11.6 Å². The summed E-state index contributed by atoms with van der Waals surface area (Å²) in [5, 5.41) is 10.3. The van der Waals surface area contributed by atoms with Crippen molar-refractivity contribution in [3.05, 3.63) is 41.4 Å². The summed E-state index contributed by atoms with van der Waals surface area (Å²) in [6, 6.07) is 2.89. The zero-order chi connectivity index (χ0) is 12.3. The molecule has 0 radical (unpaired) electrons. The third kappa shape index (κ3) is 2.92. The summed E-state index contributed by atoms with van der Waals surface area (Å²) in [5.74, 6) is -0.997. The van der Waals surface area contributed by atoms with Crippen molar-refractivity contribution in [2.24, 2.45) is 0 Å². The Morgan fingerprint density at radius 1 is 1.41 bits per heavy atom. The van der Waals surface area contributed by atoms with Crippen LogP contribution in [-0.4, -0.2) is 26.0 Å². The predicted molar refractivity (Wildman–Crippen MR) is 62.4 cm³/mol. The number of hydrogen-bond acceptors (Lipinski definition) is 5. The Bertz CT molecular complexity index is 565. The summed E-state index contributed by atoms with van der Waals surface area (Å²) in [6.07, 6.45) is 4.27. The highest BCUT2D eigenvalue weighted by molar-refractivity contribution is 7.99. The second kappa shape index (κ2) is 5.11. The van der Waals surface area contributed by atoms with Crippen molar-refractivity contribution in [1.29, 1.82) is 0 Å². The Hall–Kier alpha value is -1.66. The molecule has 1 N–H and O–H groups in total. The second-order valence-corrected chi connectivity index (χ2v) is 4.38. The summed E-state index contributed by atoms with van der Waals surface area (Å²) >= 11 is 7.07. The van der Waals surface area contributed by atoms with Crippen LogP contribution in [0.1, 0.15) is 10.4 Å². The van der Waals surface area contributed by atoms with Crippen LogP contribution in [-0.2, 0) is 0 Å². The molecule has 7 heteroatoms. The maximum Gasteiger partial charge on any atom is 0.335 e. The van der Waals surface area contributed by atoms with Crippen molar-refractivity contribution >= 4 is 29.3 Å². The second-order valence-electron chi connectivity index (χ2n) is 2.97. The quantitative estimate of drug-likeness (QED) is 0.861. The molecule has 2 aromatic rings.